The summed E-state index contributed by atoms with van der Waals surface area (Å²) < 4.78 is 43.6. The van der Waals surface area contributed by atoms with Crippen LogP contribution in [0.4, 0.5) is 8.78 Å². The molecule has 2 aliphatic heterocycles. The maximum absolute atomic E-state index is 14.4. The highest BCUT2D eigenvalue weighted by molar-refractivity contribution is 6.04. The van der Waals surface area contributed by atoms with Crippen LogP contribution in [0.15, 0.2) is 42.7 Å². The van der Waals surface area contributed by atoms with E-state index in [1.165, 1.54) is 6.07 Å². The van der Waals surface area contributed by atoms with E-state index >= 15 is 0 Å². The largest absolute Gasteiger partial charge is 0.381 e. The van der Waals surface area contributed by atoms with E-state index in [4.69, 9.17) is 9.47 Å². The average molecular weight is 481 g/mol. The molecule has 2 fully saturated rings. The second-order valence-corrected chi connectivity index (χ2v) is 9.42. The molecule has 0 aliphatic carbocycles. The number of aromatic nitrogens is 3. The summed E-state index contributed by atoms with van der Waals surface area (Å²) in [6.07, 6.45) is 8.33. The second kappa shape index (κ2) is 9.26. The van der Waals surface area contributed by atoms with Crippen LogP contribution in [-0.2, 0) is 16.2 Å². The Kier molecular flexibility index (Phi) is 5.96. The monoisotopic (exact) mass is 480 g/mol. The number of pyridine rings is 1. The van der Waals surface area contributed by atoms with Gasteiger partial charge in [-0.25, -0.2) is 13.5 Å². The van der Waals surface area contributed by atoms with Crippen LogP contribution in [-0.4, -0.2) is 34.7 Å². The lowest BCUT2D eigenvalue weighted by Gasteiger charge is -2.24. The van der Waals surface area contributed by atoms with Gasteiger partial charge in [-0.05, 0) is 61.9 Å². The highest BCUT2D eigenvalue weighted by Gasteiger charge is 2.31. The van der Waals surface area contributed by atoms with Gasteiger partial charge in [-0.1, -0.05) is 6.07 Å². The third kappa shape index (κ3) is 3.99. The number of benzene rings is 2. The Morgan fingerprint density at radius 1 is 1.00 bits per heavy atom. The molecule has 1 atom stereocenters. The number of hydrogen-bond donors (Lipinski definition) is 1. The predicted octanol–water partition coefficient (Wildman–Crippen LogP) is 4.97. The number of halogens is 2. The summed E-state index contributed by atoms with van der Waals surface area (Å²) in [7, 11) is 0. The van der Waals surface area contributed by atoms with Crippen molar-refractivity contribution in [2.45, 2.75) is 51.0 Å². The molecule has 0 saturated carbocycles. The Bertz CT molecular complexity index is 1390. The van der Waals surface area contributed by atoms with Crippen LogP contribution >= 0.6 is 0 Å². The molecule has 2 aromatic heterocycles. The molecular formula is C27H28F2N3O3+. The first-order valence-corrected chi connectivity index (χ1v) is 12.3. The van der Waals surface area contributed by atoms with Crippen molar-refractivity contribution in [3.05, 3.63) is 60.1 Å². The molecule has 2 aliphatic rings. The van der Waals surface area contributed by atoms with E-state index in [0.717, 1.165) is 77.7 Å². The van der Waals surface area contributed by atoms with E-state index < -0.39 is 11.6 Å². The number of aliphatic hydroxyl groups excluding tert-OH is 1. The van der Waals surface area contributed by atoms with E-state index in [-0.39, 0.29) is 18.9 Å². The van der Waals surface area contributed by atoms with Crippen molar-refractivity contribution in [1.82, 2.24) is 9.78 Å². The average Bonchev–Trinajstić information content (AvgIpc) is 3.31. The van der Waals surface area contributed by atoms with Crippen LogP contribution in [0.3, 0.4) is 0 Å². The van der Waals surface area contributed by atoms with E-state index in [9.17, 15) is 13.9 Å². The molecule has 0 spiro atoms. The van der Waals surface area contributed by atoms with Crippen molar-refractivity contribution in [1.29, 1.82) is 0 Å². The van der Waals surface area contributed by atoms with Crippen molar-refractivity contribution in [2.75, 3.05) is 19.8 Å². The molecule has 35 heavy (non-hydrogen) atoms. The molecule has 6 rings (SSSR count). The lowest BCUT2D eigenvalue weighted by Crippen LogP contribution is -2.41. The third-order valence-electron chi connectivity index (χ3n) is 7.29. The van der Waals surface area contributed by atoms with Crippen LogP contribution in [0.1, 0.15) is 49.9 Å². The molecular weight excluding hydrogens is 452 g/mol. The number of aliphatic hydroxyl groups is 1. The molecule has 2 aromatic carbocycles. The minimum Gasteiger partial charge on any atom is -0.381 e. The maximum Gasteiger partial charge on any atom is 0.250 e. The summed E-state index contributed by atoms with van der Waals surface area (Å²) in [6.45, 7) is 1.75. The first kappa shape index (κ1) is 22.5. The zero-order valence-corrected chi connectivity index (χ0v) is 19.4. The zero-order chi connectivity index (χ0) is 23.9. The van der Waals surface area contributed by atoms with Crippen molar-refractivity contribution in [3.8, 4) is 11.1 Å². The molecule has 4 heterocycles. The minimum atomic E-state index is -0.892. The molecule has 1 unspecified atom stereocenters. The number of nitrogens with zero attached hydrogens (tertiary/aromatic N) is 3. The van der Waals surface area contributed by atoms with Gasteiger partial charge in [0, 0.05) is 41.9 Å². The summed E-state index contributed by atoms with van der Waals surface area (Å²) in [4.78, 5) is 0. The van der Waals surface area contributed by atoms with E-state index in [2.05, 4.69) is 17.2 Å². The zero-order valence-electron chi connectivity index (χ0n) is 19.4. The van der Waals surface area contributed by atoms with Gasteiger partial charge in [-0.2, -0.15) is 9.67 Å². The summed E-state index contributed by atoms with van der Waals surface area (Å²) >= 11 is 0. The van der Waals surface area contributed by atoms with Crippen molar-refractivity contribution in [3.63, 3.8) is 0 Å². The van der Waals surface area contributed by atoms with Crippen LogP contribution in [0, 0.1) is 11.6 Å². The molecule has 0 bridgehead atoms. The summed E-state index contributed by atoms with van der Waals surface area (Å²) in [5.41, 5.74) is 3.26. The molecule has 182 valence electrons. The predicted molar refractivity (Wildman–Crippen MR) is 127 cm³/mol. The first-order chi connectivity index (χ1) is 17.1. The number of fused-ring (bicyclic) bond motifs is 2. The van der Waals surface area contributed by atoms with Gasteiger partial charge in [0.15, 0.2) is 29.8 Å². The maximum atomic E-state index is 14.4. The second-order valence-electron chi connectivity index (χ2n) is 9.42. The SMILES string of the molecule is OC[n+]1cc2cc3c(cnn3C3CCCCO3)cc2c(-c2ccc(F)c(F)c2)c1C1CCOCC1. The molecule has 6 nitrogen and oxygen atoms in total. The van der Waals surface area contributed by atoms with Crippen LogP contribution < -0.4 is 4.57 Å². The van der Waals surface area contributed by atoms with Gasteiger partial charge in [-0.15, -0.1) is 0 Å². The first-order valence-electron chi connectivity index (χ1n) is 12.3. The van der Waals surface area contributed by atoms with Crippen LogP contribution in [0.5, 0.6) is 0 Å². The Labute approximate surface area is 201 Å². The van der Waals surface area contributed by atoms with Crippen LogP contribution in [0.2, 0.25) is 0 Å². The Balaban J connectivity index is 1.62. The topological polar surface area (TPSA) is 60.4 Å². The standard InChI is InChI=1S/C27H28F2N3O3/c28-22-5-4-18(12-23(22)29)26-21-11-19-14-30-32(25-3-1-2-8-35-25)24(19)13-20(21)15-31(16-33)27(26)17-6-9-34-10-7-17/h4-5,11-15,17,25,33H,1-3,6-10,16H2/q+1. The normalized spacial score (nSPS) is 19.6. The molecule has 8 heteroatoms. The van der Waals surface area contributed by atoms with Crippen molar-refractivity contribution < 1.29 is 27.9 Å². The molecule has 0 radical (unpaired) electrons. The Hall–Kier alpha value is -2.94. The minimum absolute atomic E-state index is 0.101. The quantitative estimate of drug-likeness (QED) is 0.419. The number of hydrogen-bond acceptors (Lipinski definition) is 4. The third-order valence-corrected chi connectivity index (χ3v) is 7.29. The van der Waals surface area contributed by atoms with Gasteiger partial charge in [0.1, 0.15) is 0 Å². The van der Waals surface area contributed by atoms with Crippen molar-refractivity contribution >= 4 is 21.7 Å². The van der Waals surface area contributed by atoms with Gasteiger partial charge >= 0.3 is 0 Å². The van der Waals surface area contributed by atoms with Crippen molar-refractivity contribution in [2.24, 2.45) is 0 Å². The molecule has 4 aromatic rings. The fourth-order valence-electron chi connectivity index (χ4n) is 5.58. The fourth-order valence-corrected chi connectivity index (χ4v) is 5.58. The smallest absolute Gasteiger partial charge is 0.250 e. The van der Waals surface area contributed by atoms with E-state index in [1.54, 1.807) is 6.07 Å². The highest BCUT2D eigenvalue weighted by Crippen LogP contribution is 2.39. The molecule has 1 N–H and O–H groups in total. The Morgan fingerprint density at radius 3 is 2.60 bits per heavy atom. The summed E-state index contributed by atoms with van der Waals surface area (Å²) in [5, 5.41) is 17.8. The molecule has 0 amide bonds. The van der Waals surface area contributed by atoms with E-state index in [0.29, 0.717) is 18.8 Å². The summed E-state index contributed by atoms with van der Waals surface area (Å²) in [5.74, 6) is -1.65. The van der Waals surface area contributed by atoms with Gasteiger partial charge in [0.05, 0.1) is 17.3 Å². The van der Waals surface area contributed by atoms with Crippen LogP contribution in [0.25, 0.3) is 32.8 Å². The lowest BCUT2D eigenvalue weighted by molar-refractivity contribution is -0.736. The van der Waals surface area contributed by atoms with Gasteiger partial charge in [0.25, 0.3) is 0 Å². The van der Waals surface area contributed by atoms with E-state index in [1.807, 2.05) is 21.6 Å². The number of rotatable bonds is 4. The van der Waals surface area contributed by atoms with Gasteiger partial charge in [-0.3, -0.25) is 0 Å². The summed E-state index contributed by atoms with van der Waals surface area (Å²) in [6, 6.07) is 8.15. The Morgan fingerprint density at radius 2 is 1.86 bits per heavy atom. The fraction of sp³-hybridized carbons (Fsp3) is 0.407. The van der Waals surface area contributed by atoms with Gasteiger partial charge in [0.2, 0.25) is 6.73 Å². The number of ether oxygens (including phenoxy) is 2. The molecule has 2 saturated heterocycles. The lowest BCUT2D eigenvalue weighted by atomic mass is 9.86. The van der Waals surface area contributed by atoms with Gasteiger partial charge < -0.3 is 14.6 Å². The highest BCUT2D eigenvalue weighted by atomic mass is 19.2.